The summed E-state index contributed by atoms with van der Waals surface area (Å²) in [5, 5.41) is 2.08. The molecule has 0 spiro atoms. The zero-order valence-corrected chi connectivity index (χ0v) is 13.3. The Bertz CT molecular complexity index is 839. The summed E-state index contributed by atoms with van der Waals surface area (Å²) in [6.07, 6.45) is 0.121. The van der Waals surface area contributed by atoms with E-state index in [1.807, 2.05) is 62.4 Å². The van der Waals surface area contributed by atoms with Gasteiger partial charge in [0.1, 0.15) is 0 Å². The molecule has 118 valence electrons. The second-order valence-electron chi connectivity index (χ2n) is 6.22. The number of nitrogens with zero attached hydrogens (tertiary/aromatic N) is 1. The number of nitrogens with two attached hydrogens (primary N) is 1. The van der Waals surface area contributed by atoms with E-state index in [1.54, 1.807) is 4.57 Å². The fraction of sp³-hybridized carbons (Fsp3) is 0.263. The van der Waals surface area contributed by atoms with E-state index in [0.29, 0.717) is 0 Å². The van der Waals surface area contributed by atoms with Crippen molar-refractivity contribution in [3.05, 3.63) is 48.5 Å². The first kappa shape index (κ1) is 15.3. The Labute approximate surface area is 134 Å². The molecule has 2 aromatic carbocycles. The van der Waals surface area contributed by atoms with Crippen LogP contribution in [-0.2, 0) is 4.79 Å². The highest BCUT2D eigenvalue weighted by Gasteiger charge is 2.25. The van der Waals surface area contributed by atoms with Gasteiger partial charge in [-0.15, -0.1) is 0 Å². The van der Waals surface area contributed by atoms with Gasteiger partial charge in [-0.2, -0.15) is 0 Å². The summed E-state index contributed by atoms with van der Waals surface area (Å²) in [6.45, 7) is 3.82. The molecule has 0 saturated carbocycles. The summed E-state index contributed by atoms with van der Waals surface area (Å²) < 4.78 is 1.71. The van der Waals surface area contributed by atoms with Crippen LogP contribution in [0.3, 0.4) is 0 Å². The molecule has 1 heterocycles. The number of hydrogen-bond donors (Lipinski definition) is 1. The third-order valence-corrected chi connectivity index (χ3v) is 4.39. The molecular formula is C19H20N2O2. The van der Waals surface area contributed by atoms with Crippen LogP contribution >= 0.6 is 0 Å². The number of rotatable bonds is 4. The zero-order chi connectivity index (χ0) is 16.6. The van der Waals surface area contributed by atoms with Crippen molar-refractivity contribution in [1.82, 2.24) is 4.57 Å². The van der Waals surface area contributed by atoms with E-state index in [1.165, 1.54) is 0 Å². The summed E-state index contributed by atoms with van der Waals surface area (Å²) in [7, 11) is 0. The van der Waals surface area contributed by atoms with Crippen molar-refractivity contribution in [3.63, 3.8) is 0 Å². The quantitative estimate of drug-likeness (QED) is 0.800. The number of aromatic nitrogens is 1. The summed E-state index contributed by atoms with van der Waals surface area (Å²) in [5.41, 5.74) is 7.20. The van der Waals surface area contributed by atoms with Crippen LogP contribution in [0.25, 0.3) is 21.8 Å². The molecule has 3 rings (SSSR count). The maximum Gasteiger partial charge on any atom is 0.232 e. The predicted molar refractivity (Wildman–Crippen MR) is 92.2 cm³/mol. The van der Waals surface area contributed by atoms with Gasteiger partial charge in [-0.1, -0.05) is 50.2 Å². The summed E-state index contributed by atoms with van der Waals surface area (Å²) >= 11 is 0. The van der Waals surface area contributed by atoms with Gasteiger partial charge in [0.05, 0.1) is 11.0 Å². The van der Waals surface area contributed by atoms with Gasteiger partial charge in [0.2, 0.25) is 11.8 Å². The fourth-order valence-electron chi connectivity index (χ4n) is 3.14. The zero-order valence-electron chi connectivity index (χ0n) is 13.3. The van der Waals surface area contributed by atoms with Crippen molar-refractivity contribution in [3.8, 4) is 0 Å². The molecule has 0 aliphatic rings. The SMILES string of the molecule is CC(C)C(CC(=O)n1c2ccccc2c2ccccc21)C(N)=O. The lowest BCUT2D eigenvalue weighted by Crippen LogP contribution is -2.31. The van der Waals surface area contributed by atoms with Crippen LogP contribution in [0.4, 0.5) is 0 Å². The third-order valence-electron chi connectivity index (χ3n) is 4.39. The molecule has 23 heavy (non-hydrogen) atoms. The fourth-order valence-corrected chi connectivity index (χ4v) is 3.14. The number of fused-ring (bicyclic) bond motifs is 3. The van der Waals surface area contributed by atoms with Crippen molar-refractivity contribution in [2.75, 3.05) is 0 Å². The van der Waals surface area contributed by atoms with Gasteiger partial charge in [0.15, 0.2) is 0 Å². The minimum Gasteiger partial charge on any atom is -0.369 e. The lowest BCUT2D eigenvalue weighted by atomic mass is 9.91. The van der Waals surface area contributed by atoms with E-state index in [2.05, 4.69) is 0 Å². The van der Waals surface area contributed by atoms with Crippen LogP contribution in [0, 0.1) is 11.8 Å². The highest BCUT2D eigenvalue weighted by molar-refractivity contribution is 6.13. The highest BCUT2D eigenvalue weighted by atomic mass is 16.2. The molecule has 0 radical (unpaired) electrons. The molecule has 4 heteroatoms. The van der Waals surface area contributed by atoms with E-state index < -0.39 is 11.8 Å². The molecule has 0 fully saturated rings. The third kappa shape index (κ3) is 2.61. The van der Waals surface area contributed by atoms with Gasteiger partial charge < -0.3 is 5.73 Å². The Morgan fingerprint density at radius 1 is 0.957 bits per heavy atom. The number of para-hydroxylation sites is 2. The van der Waals surface area contributed by atoms with Crippen LogP contribution in [0.2, 0.25) is 0 Å². The molecule has 0 bridgehead atoms. The lowest BCUT2D eigenvalue weighted by Gasteiger charge is -2.17. The molecule has 0 aliphatic carbocycles. The average Bonchev–Trinajstić information content (AvgIpc) is 2.86. The van der Waals surface area contributed by atoms with Gasteiger partial charge >= 0.3 is 0 Å². The van der Waals surface area contributed by atoms with E-state index >= 15 is 0 Å². The Morgan fingerprint density at radius 3 is 1.87 bits per heavy atom. The van der Waals surface area contributed by atoms with Crippen molar-refractivity contribution < 1.29 is 9.59 Å². The summed E-state index contributed by atoms with van der Waals surface area (Å²) in [4.78, 5) is 24.5. The Kier molecular flexibility index (Phi) is 3.90. The van der Waals surface area contributed by atoms with Gasteiger partial charge in [-0.3, -0.25) is 14.2 Å². The van der Waals surface area contributed by atoms with Crippen LogP contribution < -0.4 is 5.73 Å². The van der Waals surface area contributed by atoms with E-state index in [4.69, 9.17) is 5.73 Å². The molecule has 4 nitrogen and oxygen atoms in total. The summed E-state index contributed by atoms with van der Waals surface area (Å²) in [5.74, 6) is -0.944. The molecule has 0 saturated heterocycles. The minimum atomic E-state index is -0.456. The van der Waals surface area contributed by atoms with E-state index in [0.717, 1.165) is 21.8 Å². The molecule has 1 atom stereocenters. The van der Waals surface area contributed by atoms with Crippen LogP contribution in [0.5, 0.6) is 0 Å². The number of benzene rings is 2. The number of hydrogen-bond acceptors (Lipinski definition) is 2. The monoisotopic (exact) mass is 308 g/mol. The molecule has 1 amide bonds. The van der Waals surface area contributed by atoms with E-state index in [9.17, 15) is 9.59 Å². The van der Waals surface area contributed by atoms with Crippen molar-refractivity contribution in [1.29, 1.82) is 0 Å². The lowest BCUT2D eigenvalue weighted by molar-refractivity contribution is -0.123. The van der Waals surface area contributed by atoms with Crippen molar-refractivity contribution >= 4 is 33.6 Å². The maximum absolute atomic E-state index is 12.9. The summed E-state index contributed by atoms with van der Waals surface area (Å²) in [6, 6.07) is 15.6. The largest absolute Gasteiger partial charge is 0.369 e. The first-order valence-corrected chi connectivity index (χ1v) is 7.81. The number of carbonyl (C=O) groups is 2. The first-order chi connectivity index (χ1) is 11.0. The standard InChI is InChI=1S/C19H20N2O2/c1-12(2)15(19(20)23)11-18(22)21-16-9-5-3-7-13(16)14-8-4-6-10-17(14)21/h3-10,12,15H,11H2,1-2H3,(H2,20,23). The van der Waals surface area contributed by atoms with E-state index in [-0.39, 0.29) is 18.2 Å². The Morgan fingerprint density at radius 2 is 1.43 bits per heavy atom. The van der Waals surface area contributed by atoms with Crippen molar-refractivity contribution in [2.24, 2.45) is 17.6 Å². The smallest absolute Gasteiger partial charge is 0.232 e. The molecule has 0 aliphatic heterocycles. The van der Waals surface area contributed by atoms with Gasteiger partial charge in [-0.25, -0.2) is 0 Å². The van der Waals surface area contributed by atoms with Gasteiger partial charge in [-0.05, 0) is 18.1 Å². The van der Waals surface area contributed by atoms with Crippen LogP contribution in [0.15, 0.2) is 48.5 Å². The Balaban J connectivity index is 2.14. The molecule has 3 aromatic rings. The Hall–Kier alpha value is -2.62. The topological polar surface area (TPSA) is 65.1 Å². The molecule has 2 N–H and O–H groups in total. The average molecular weight is 308 g/mol. The molecule has 1 unspecified atom stereocenters. The first-order valence-electron chi connectivity index (χ1n) is 7.81. The maximum atomic E-state index is 12.9. The van der Waals surface area contributed by atoms with Gasteiger partial charge in [0.25, 0.3) is 0 Å². The number of primary amides is 1. The normalized spacial score (nSPS) is 12.8. The van der Waals surface area contributed by atoms with Crippen molar-refractivity contribution in [2.45, 2.75) is 20.3 Å². The number of amides is 1. The van der Waals surface area contributed by atoms with Crippen LogP contribution in [-0.4, -0.2) is 16.4 Å². The minimum absolute atomic E-state index is 0.0320. The predicted octanol–water partition coefficient (Wildman–Crippen LogP) is 3.58. The van der Waals surface area contributed by atoms with Gasteiger partial charge in [0, 0.05) is 23.1 Å². The molecular weight excluding hydrogens is 288 g/mol. The second-order valence-corrected chi connectivity index (χ2v) is 6.22. The number of carbonyl (C=O) groups excluding carboxylic acids is 2. The van der Waals surface area contributed by atoms with Crippen LogP contribution in [0.1, 0.15) is 25.1 Å². The highest BCUT2D eigenvalue weighted by Crippen LogP contribution is 2.29. The molecule has 1 aromatic heterocycles. The second kappa shape index (κ2) is 5.88.